The summed E-state index contributed by atoms with van der Waals surface area (Å²) in [5.74, 6) is -0.827. The van der Waals surface area contributed by atoms with Gasteiger partial charge in [0, 0.05) is 16.7 Å². The van der Waals surface area contributed by atoms with Crippen molar-refractivity contribution in [3.05, 3.63) is 119 Å². The molecule has 1 aromatic heterocycles. The molecule has 5 rings (SSSR count). The molecular formula is C34H31ClN4O5. The van der Waals surface area contributed by atoms with E-state index in [0.717, 1.165) is 24.2 Å². The van der Waals surface area contributed by atoms with Gasteiger partial charge in [-0.2, -0.15) is 5.21 Å². The Bertz CT molecular complexity index is 1680. The number of carbonyl (C=O) groups is 2. The van der Waals surface area contributed by atoms with E-state index >= 15 is 0 Å². The first kappa shape index (κ1) is 30.4. The number of H-pyrrole nitrogens is 1. The Morgan fingerprint density at radius 3 is 2.09 bits per heavy atom. The molecule has 0 spiro atoms. The molecule has 224 valence electrons. The number of nitrogens with zero attached hydrogens (tertiary/aromatic N) is 3. The number of aromatic amines is 1. The average molecular weight is 611 g/mol. The van der Waals surface area contributed by atoms with Crippen LogP contribution < -0.4 is 9.47 Å². The summed E-state index contributed by atoms with van der Waals surface area (Å²) >= 11 is 5.98. The molecule has 44 heavy (non-hydrogen) atoms. The van der Waals surface area contributed by atoms with Crippen molar-refractivity contribution in [2.24, 2.45) is 0 Å². The number of halogens is 1. The Hall–Kier alpha value is -5.02. The Morgan fingerprint density at radius 1 is 0.841 bits per heavy atom. The van der Waals surface area contributed by atoms with E-state index in [-0.39, 0.29) is 5.75 Å². The van der Waals surface area contributed by atoms with Gasteiger partial charge in [0.15, 0.2) is 5.78 Å². The van der Waals surface area contributed by atoms with Crippen LogP contribution in [0.4, 0.5) is 0 Å². The fourth-order valence-corrected chi connectivity index (χ4v) is 5.25. The second kappa shape index (κ2) is 14.4. The number of aromatic nitrogens is 4. The number of Topliss-reactive ketones (excluding diaryl/α,β-unsaturated/α-hetero) is 1. The van der Waals surface area contributed by atoms with Crippen LogP contribution >= 0.6 is 11.6 Å². The van der Waals surface area contributed by atoms with Crippen molar-refractivity contribution in [1.82, 2.24) is 20.6 Å². The monoisotopic (exact) mass is 610 g/mol. The highest BCUT2D eigenvalue weighted by Gasteiger charge is 2.36. The number of aromatic hydroxyl groups is 1. The number of phenols is 1. The van der Waals surface area contributed by atoms with Gasteiger partial charge >= 0.3 is 0 Å². The normalized spacial score (nSPS) is 12.3. The number of hydrogen-bond acceptors (Lipinski definition) is 8. The first-order valence-electron chi connectivity index (χ1n) is 14.2. The number of tetrazole rings is 1. The van der Waals surface area contributed by atoms with Crippen LogP contribution in [-0.2, 0) is 9.59 Å². The zero-order valence-corrected chi connectivity index (χ0v) is 24.8. The van der Waals surface area contributed by atoms with Crippen molar-refractivity contribution in [1.29, 1.82) is 0 Å². The van der Waals surface area contributed by atoms with E-state index in [1.165, 1.54) is 0 Å². The molecule has 10 heteroatoms. The Balaban J connectivity index is 1.23. The molecule has 0 saturated carbocycles. The maximum Gasteiger partial charge on any atom is 0.236 e. The standard InChI is InChI=1S/C34H31ClN4O5/c1-22-28(44-21-9-8-20-43-26-16-14-25(15-17-26)34-36-38-39-37-34)19-18-27(31(22)40)29(23-10-4-2-5-11-23)32(41)30(33(35)42)24-12-6-3-7-13-24/h2-7,10-19,29-30,40H,8-9,20-21H2,1H3,(H,36,37,38,39). The third kappa shape index (κ3) is 7.12. The summed E-state index contributed by atoms with van der Waals surface area (Å²) in [6.07, 6.45) is 1.48. The predicted molar refractivity (Wildman–Crippen MR) is 166 cm³/mol. The molecule has 2 N–H and O–H groups in total. The number of unbranched alkanes of at least 4 members (excludes halogenated alkanes) is 1. The number of rotatable bonds is 14. The lowest BCUT2D eigenvalue weighted by Crippen LogP contribution is -2.26. The van der Waals surface area contributed by atoms with Crippen molar-refractivity contribution in [3.63, 3.8) is 0 Å². The summed E-state index contributed by atoms with van der Waals surface area (Å²) in [6, 6.07) is 28.6. The number of nitrogens with one attached hydrogen (secondary N) is 1. The smallest absolute Gasteiger partial charge is 0.236 e. The molecule has 4 aromatic carbocycles. The zero-order valence-electron chi connectivity index (χ0n) is 24.0. The third-order valence-electron chi connectivity index (χ3n) is 7.31. The minimum absolute atomic E-state index is 0.0638. The van der Waals surface area contributed by atoms with Gasteiger partial charge < -0.3 is 14.6 Å². The van der Waals surface area contributed by atoms with Crippen LogP contribution in [0.15, 0.2) is 97.1 Å². The summed E-state index contributed by atoms with van der Waals surface area (Å²) in [5, 5.41) is 24.4. The Kier molecular flexibility index (Phi) is 9.99. The van der Waals surface area contributed by atoms with Gasteiger partial charge in [0.25, 0.3) is 0 Å². The highest BCUT2D eigenvalue weighted by Crippen LogP contribution is 2.41. The summed E-state index contributed by atoms with van der Waals surface area (Å²) in [5.41, 5.74) is 2.86. The van der Waals surface area contributed by atoms with E-state index in [4.69, 9.17) is 21.1 Å². The number of ether oxygens (including phenoxy) is 2. The van der Waals surface area contributed by atoms with Crippen LogP contribution in [0.25, 0.3) is 11.4 Å². The van der Waals surface area contributed by atoms with E-state index in [0.29, 0.717) is 47.0 Å². The highest BCUT2D eigenvalue weighted by atomic mass is 35.5. The number of benzene rings is 4. The molecule has 2 unspecified atom stereocenters. The molecule has 0 fully saturated rings. The Morgan fingerprint density at radius 2 is 1.48 bits per heavy atom. The first-order valence-corrected chi connectivity index (χ1v) is 14.6. The van der Waals surface area contributed by atoms with Crippen molar-refractivity contribution in [2.45, 2.75) is 31.6 Å². The number of carbonyl (C=O) groups excluding carboxylic acids is 2. The number of hydrogen-bond donors (Lipinski definition) is 2. The molecule has 0 radical (unpaired) electrons. The lowest BCUT2D eigenvalue weighted by Gasteiger charge is -2.23. The van der Waals surface area contributed by atoms with E-state index in [2.05, 4.69) is 20.6 Å². The summed E-state index contributed by atoms with van der Waals surface area (Å²) in [6.45, 7) is 2.66. The maximum absolute atomic E-state index is 14.0. The Labute approximate surface area is 259 Å². The molecule has 0 aliphatic rings. The predicted octanol–water partition coefficient (Wildman–Crippen LogP) is 6.37. The molecule has 0 bridgehead atoms. The van der Waals surface area contributed by atoms with E-state index in [9.17, 15) is 14.7 Å². The van der Waals surface area contributed by atoms with Gasteiger partial charge in [0.2, 0.25) is 11.1 Å². The van der Waals surface area contributed by atoms with E-state index < -0.39 is 22.9 Å². The van der Waals surface area contributed by atoms with Crippen molar-refractivity contribution in [2.75, 3.05) is 13.2 Å². The molecular weight excluding hydrogens is 580 g/mol. The van der Waals surface area contributed by atoms with Crippen LogP contribution in [0.2, 0.25) is 0 Å². The molecule has 1 heterocycles. The van der Waals surface area contributed by atoms with Crippen LogP contribution in [0.5, 0.6) is 17.2 Å². The van der Waals surface area contributed by atoms with Crippen molar-refractivity contribution < 1.29 is 24.2 Å². The quantitative estimate of drug-likeness (QED) is 0.0843. The van der Waals surface area contributed by atoms with E-state index in [1.807, 2.05) is 42.5 Å². The maximum atomic E-state index is 14.0. The van der Waals surface area contributed by atoms with Gasteiger partial charge in [0.05, 0.1) is 19.1 Å². The average Bonchev–Trinajstić information content (AvgIpc) is 3.59. The number of ketones is 1. The second-order valence-electron chi connectivity index (χ2n) is 10.2. The minimum Gasteiger partial charge on any atom is -0.507 e. The SMILES string of the molecule is Cc1c(OCCCCOc2ccc(-c3nn[nH]n3)cc2)ccc(C(C(=O)C(C(=O)Cl)c2ccccc2)c2ccccc2)c1O. The van der Waals surface area contributed by atoms with Gasteiger partial charge in [-0.05, 0) is 78.0 Å². The van der Waals surface area contributed by atoms with Gasteiger partial charge in [0.1, 0.15) is 23.2 Å². The van der Waals surface area contributed by atoms with Crippen LogP contribution in [0, 0.1) is 6.92 Å². The highest BCUT2D eigenvalue weighted by molar-refractivity contribution is 6.66. The summed E-state index contributed by atoms with van der Waals surface area (Å²) < 4.78 is 11.8. The summed E-state index contributed by atoms with van der Waals surface area (Å²) in [4.78, 5) is 26.5. The van der Waals surface area contributed by atoms with Gasteiger partial charge in [-0.3, -0.25) is 9.59 Å². The van der Waals surface area contributed by atoms with Crippen molar-refractivity contribution >= 4 is 22.6 Å². The molecule has 0 amide bonds. The first-order chi connectivity index (χ1) is 21.4. The van der Waals surface area contributed by atoms with Gasteiger partial charge in [-0.15, -0.1) is 10.2 Å². The molecule has 0 aliphatic heterocycles. The number of phenolic OH excluding ortho intramolecular Hbond substituents is 1. The van der Waals surface area contributed by atoms with Gasteiger partial charge in [-0.1, -0.05) is 66.7 Å². The third-order valence-corrected chi connectivity index (χ3v) is 7.53. The van der Waals surface area contributed by atoms with Crippen LogP contribution in [-0.4, -0.2) is 50.0 Å². The largest absolute Gasteiger partial charge is 0.507 e. The lowest BCUT2D eigenvalue weighted by molar-refractivity contribution is -0.126. The van der Waals surface area contributed by atoms with Crippen molar-refractivity contribution in [3.8, 4) is 28.6 Å². The molecule has 2 atom stereocenters. The summed E-state index contributed by atoms with van der Waals surface area (Å²) in [7, 11) is 0. The van der Waals surface area contributed by atoms with Crippen LogP contribution in [0.3, 0.4) is 0 Å². The molecule has 5 aromatic rings. The molecule has 0 aliphatic carbocycles. The fraction of sp³-hybridized carbons (Fsp3) is 0.206. The topological polar surface area (TPSA) is 127 Å². The van der Waals surface area contributed by atoms with E-state index in [1.54, 1.807) is 61.5 Å². The van der Waals surface area contributed by atoms with Crippen LogP contribution in [0.1, 0.15) is 46.9 Å². The zero-order chi connectivity index (χ0) is 30.9. The second-order valence-corrected chi connectivity index (χ2v) is 10.6. The minimum atomic E-state index is -1.19. The van der Waals surface area contributed by atoms with Gasteiger partial charge in [-0.25, -0.2) is 0 Å². The molecule has 0 saturated heterocycles. The molecule has 9 nitrogen and oxygen atoms in total. The lowest BCUT2D eigenvalue weighted by atomic mass is 9.79. The fourth-order valence-electron chi connectivity index (χ4n) is 5.01.